The highest BCUT2D eigenvalue weighted by molar-refractivity contribution is 5.86. The molecule has 4 aliphatic carbocycles. The minimum absolute atomic E-state index is 0.0869. The number of ether oxygens (including phenoxy) is 1. The molecule has 4 saturated carbocycles. The van der Waals surface area contributed by atoms with Gasteiger partial charge in [-0.05, 0) is 97.1 Å². The van der Waals surface area contributed by atoms with Crippen LogP contribution >= 0.6 is 0 Å². The SMILES string of the molecule is CC(=O)Oc1ccc(-c2ccc(/C=N\NC(=O)C34C[C@H]5C[C@@H](C3)CC(c3ccc(C)cc3)(C5)C4)cc2)cc1. The first kappa shape index (κ1) is 24.6. The fourth-order valence-corrected chi connectivity index (χ4v) is 7.70. The van der Waals surface area contributed by atoms with Crippen molar-refractivity contribution >= 4 is 18.1 Å². The van der Waals surface area contributed by atoms with Gasteiger partial charge in [-0.2, -0.15) is 5.10 Å². The number of hydrogen-bond donors (Lipinski definition) is 1. The Morgan fingerprint density at radius 1 is 0.868 bits per heavy atom. The van der Waals surface area contributed by atoms with E-state index in [1.807, 2.05) is 36.4 Å². The number of hydrogen-bond acceptors (Lipinski definition) is 4. The third kappa shape index (κ3) is 4.66. The van der Waals surface area contributed by atoms with Crippen molar-refractivity contribution < 1.29 is 14.3 Å². The number of amides is 1. The third-order valence-electron chi connectivity index (χ3n) is 8.95. The fraction of sp³-hybridized carbons (Fsp3) is 0.364. The first-order valence-corrected chi connectivity index (χ1v) is 13.6. The summed E-state index contributed by atoms with van der Waals surface area (Å²) in [5, 5.41) is 4.37. The van der Waals surface area contributed by atoms with Crippen LogP contribution in [0.3, 0.4) is 0 Å². The number of nitrogens with one attached hydrogen (secondary N) is 1. The van der Waals surface area contributed by atoms with E-state index in [2.05, 4.69) is 41.7 Å². The molecule has 0 spiro atoms. The standard InChI is InChI=1S/C33H34N2O3/c1-22-3-11-29(12-4-22)32-16-25-15-26(17-32)19-33(18-25,21-32)31(37)35-34-20-24-5-7-27(8-6-24)28-9-13-30(14-10-28)38-23(2)36/h3-14,20,25-26H,15-19,21H2,1-2H3,(H,35,37)/b34-20-/t25-,26+,32?,33?. The van der Waals surface area contributed by atoms with Gasteiger partial charge in [0.05, 0.1) is 11.6 Å². The van der Waals surface area contributed by atoms with Crippen LogP contribution in [0.25, 0.3) is 11.1 Å². The molecule has 7 rings (SSSR count). The van der Waals surface area contributed by atoms with Gasteiger partial charge in [0.15, 0.2) is 0 Å². The molecule has 0 heterocycles. The first-order chi connectivity index (χ1) is 18.3. The van der Waals surface area contributed by atoms with E-state index in [-0.39, 0.29) is 22.7 Å². The van der Waals surface area contributed by atoms with Gasteiger partial charge in [-0.25, -0.2) is 5.43 Å². The van der Waals surface area contributed by atoms with Gasteiger partial charge in [0, 0.05) is 6.92 Å². The minimum Gasteiger partial charge on any atom is -0.427 e. The van der Waals surface area contributed by atoms with E-state index in [4.69, 9.17) is 4.74 Å². The largest absolute Gasteiger partial charge is 0.427 e. The Morgan fingerprint density at radius 2 is 1.47 bits per heavy atom. The minimum atomic E-state index is -0.331. The zero-order valence-electron chi connectivity index (χ0n) is 22.1. The molecule has 3 aromatic carbocycles. The van der Waals surface area contributed by atoms with Crippen LogP contribution in [-0.2, 0) is 15.0 Å². The van der Waals surface area contributed by atoms with Crippen molar-refractivity contribution in [3.05, 3.63) is 89.5 Å². The Labute approximate surface area is 224 Å². The van der Waals surface area contributed by atoms with Crippen molar-refractivity contribution in [2.24, 2.45) is 22.4 Å². The van der Waals surface area contributed by atoms with E-state index in [1.165, 1.54) is 37.3 Å². The van der Waals surface area contributed by atoms with Crippen LogP contribution in [0.15, 0.2) is 77.9 Å². The molecule has 38 heavy (non-hydrogen) atoms. The van der Waals surface area contributed by atoms with Crippen LogP contribution in [-0.4, -0.2) is 18.1 Å². The summed E-state index contributed by atoms with van der Waals surface area (Å²) < 4.78 is 5.11. The molecule has 194 valence electrons. The van der Waals surface area contributed by atoms with Gasteiger partial charge in [-0.1, -0.05) is 66.2 Å². The number of benzene rings is 3. The van der Waals surface area contributed by atoms with Crippen LogP contribution in [0.4, 0.5) is 0 Å². The Balaban J connectivity index is 1.13. The van der Waals surface area contributed by atoms with Crippen molar-refractivity contribution in [2.75, 3.05) is 0 Å². The Bertz CT molecular complexity index is 1360. The molecule has 0 aromatic heterocycles. The third-order valence-corrected chi connectivity index (χ3v) is 8.95. The number of aryl methyl sites for hydroxylation is 1. The van der Waals surface area contributed by atoms with Gasteiger partial charge in [0.25, 0.3) is 0 Å². The summed E-state index contributed by atoms with van der Waals surface area (Å²) in [7, 11) is 0. The molecular formula is C33H34N2O3. The van der Waals surface area contributed by atoms with Crippen LogP contribution < -0.4 is 10.2 Å². The van der Waals surface area contributed by atoms with E-state index in [1.54, 1.807) is 18.3 Å². The predicted molar refractivity (Wildman–Crippen MR) is 149 cm³/mol. The van der Waals surface area contributed by atoms with Gasteiger partial charge >= 0.3 is 5.97 Å². The number of rotatable bonds is 6. The number of carbonyl (C=O) groups is 2. The first-order valence-electron chi connectivity index (χ1n) is 13.6. The van der Waals surface area contributed by atoms with Crippen molar-refractivity contribution in [2.45, 2.75) is 57.8 Å². The summed E-state index contributed by atoms with van der Waals surface area (Å²) in [6.45, 7) is 3.52. The van der Waals surface area contributed by atoms with Crippen molar-refractivity contribution in [1.82, 2.24) is 5.43 Å². The van der Waals surface area contributed by atoms with E-state index >= 15 is 0 Å². The van der Waals surface area contributed by atoms with E-state index < -0.39 is 0 Å². The molecule has 4 aliphatic rings. The number of carbonyl (C=O) groups excluding carboxylic acids is 2. The molecule has 4 atom stereocenters. The maximum absolute atomic E-state index is 13.6. The molecule has 4 bridgehead atoms. The van der Waals surface area contributed by atoms with Gasteiger partial charge in [-0.3, -0.25) is 9.59 Å². The molecule has 3 aromatic rings. The van der Waals surface area contributed by atoms with Crippen molar-refractivity contribution in [1.29, 1.82) is 0 Å². The lowest BCUT2D eigenvalue weighted by atomic mass is 9.42. The van der Waals surface area contributed by atoms with Gasteiger partial charge in [0.1, 0.15) is 5.75 Å². The number of esters is 1. The second-order valence-electron chi connectivity index (χ2n) is 11.8. The summed E-state index contributed by atoms with van der Waals surface area (Å²) in [5.41, 5.74) is 8.45. The number of nitrogens with zero attached hydrogens (tertiary/aromatic N) is 1. The van der Waals surface area contributed by atoms with Crippen LogP contribution in [0.1, 0.15) is 62.1 Å². The zero-order chi connectivity index (χ0) is 26.3. The van der Waals surface area contributed by atoms with Crippen molar-refractivity contribution in [3.8, 4) is 16.9 Å². The topological polar surface area (TPSA) is 67.8 Å². The molecule has 1 N–H and O–H groups in total. The highest BCUT2D eigenvalue weighted by atomic mass is 16.5. The van der Waals surface area contributed by atoms with E-state index in [0.29, 0.717) is 17.6 Å². The van der Waals surface area contributed by atoms with E-state index in [0.717, 1.165) is 36.0 Å². The Hall–Kier alpha value is -3.73. The molecule has 5 nitrogen and oxygen atoms in total. The molecule has 2 unspecified atom stereocenters. The lowest BCUT2D eigenvalue weighted by Gasteiger charge is -2.61. The average molecular weight is 507 g/mol. The predicted octanol–water partition coefficient (Wildman–Crippen LogP) is 6.58. The van der Waals surface area contributed by atoms with Gasteiger partial charge in [0.2, 0.25) is 5.91 Å². The second kappa shape index (κ2) is 9.54. The Morgan fingerprint density at radius 3 is 2.08 bits per heavy atom. The number of hydrazone groups is 1. The monoisotopic (exact) mass is 506 g/mol. The van der Waals surface area contributed by atoms with Crippen LogP contribution in [0.5, 0.6) is 5.75 Å². The zero-order valence-corrected chi connectivity index (χ0v) is 22.1. The lowest BCUT2D eigenvalue weighted by Crippen LogP contribution is -2.58. The molecule has 1 amide bonds. The molecule has 5 heteroatoms. The molecule has 0 saturated heterocycles. The second-order valence-corrected chi connectivity index (χ2v) is 11.8. The lowest BCUT2D eigenvalue weighted by molar-refractivity contribution is -0.149. The Kier molecular flexibility index (Phi) is 6.17. The van der Waals surface area contributed by atoms with Crippen LogP contribution in [0, 0.1) is 24.2 Å². The van der Waals surface area contributed by atoms with Gasteiger partial charge < -0.3 is 4.74 Å². The van der Waals surface area contributed by atoms with E-state index in [9.17, 15) is 9.59 Å². The fourth-order valence-electron chi connectivity index (χ4n) is 7.70. The summed E-state index contributed by atoms with van der Waals surface area (Å²) in [5.74, 6) is 1.54. The molecule has 0 radical (unpaired) electrons. The quantitative estimate of drug-likeness (QED) is 0.178. The summed E-state index contributed by atoms with van der Waals surface area (Å²) in [6, 6.07) is 24.5. The molecular weight excluding hydrogens is 472 g/mol. The highest BCUT2D eigenvalue weighted by Crippen LogP contribution is 2.65. The smallest absolute Gasteiger partial charge is 0.308 e. The maximum atomic E-state index is 13.6. The summed E-state index contributed by atoms with van der Waals surface area (Å²) in [6.07, 6.45) is 8.33. The summed E-state index contributed by atoms with van der Waals surface area (Å²) in [4.78, 5) is 24.7. The molecule has 4 fully saturated rings. The molecule has 0 aliphatic heterocycles. The van der Waals surface area contributed by atoms with Crippen LogP contribution in [0.2, 0.25) is 0 Å². The van der Waals surface area contributed by atoms with Gasteiger partial charge in [-0.15, -0.1) is 0 Å². The average Bonchev–Trinajstić information content (AvgIpc) is 2.89. The van der Waals surface area contributed by atoms with Crippen molar-refractivity contribution in [3.63, 3.8) is 0 Å². The maximum Gasteiger partial charge on any atom is 0.308 e. The normalized spacial score (nSPS) is 27.4. The highest BCUT2D eigenvalue weighted by Gasteiger charge is 2.60. The summed E-state index contributed by atoms with van der Waals surface area (Å²) >= 11 is 0.